The number of pyridine rings is 1. The molecule has 2 aromatic heterocycles. The number of rotatable bonds is 2. The minimum absolute atomic E-state index is 0.0626. The highest BCUT2D eigenvalue weighted by molar-refractivity contribution is 6.32. The van der Waals surface area contributed by atoms with Gasteiger partial charge in [0.1, 0.15) is 7.85 Å². The summed E-state index contributed by atoms with van der Waals surface area (Å²) in [7, 11) is 5.48. The van der Waals surface area contributed by atoms with Gasteiger partial charge in [-0.2, -0.15) is 4.98 Å². The first-order chi connectivity index (χ1) is 9.65. The van der Waals surface area contributed by atoms with E-state index in [1.165, 1.54) is 12.3 Å². The summed E-state index contributed by atoms with van der Waals surface area (Å²) in [6.45, 7) is 0. The second-order valence-corrected chi connectivity index (χ2v) is 4.18. The molecule has 0 amide bonds. The lowest BCUT2D eigenvalue weighted by molar-refractivity contribution is 0.187. The van der Waals surface area contributed by atoms with E-state index in [1.54, 1.807) is 0 Å². The van der Waals surface area contributed by atoms with Gasteiger partial charge in [-0.1, -0.05) is 24.3 Å². The Labute approximate surface area is 115 Å². The SMILES string of the molecule is [B]c1cc2cnc(Nc3ccccc3)nc2n(O)c1=O. The van der Waals surface area contributed by atoms with Crippen molar-refractivity contribution >= 4 is 36.0 Å². The van der Waals surface area contributed by atoms with Crippen molar-refractivity contribution in [2.75, 3.05) is 5.32 Å². The third-order valence-corrected chi connectivity index (χ3v) is 2.78. The van der Waals surface area contributed by atoms with Gasteiger partial charge in [-0.3, -0.25) is 4.79 Å². The van der Waals surface area contributed by atoms with Crippen LogP contribution in [0.25, 0.3) is 11.0 Å². The van der Waals surface area contributed by atoms with Crippen LogP contribution in [0.3, 0.4) is 0 Å². The number of hydrogen-bond acceptors (Lipinski definition) is 5. The van der Waals surface area contributed by atoms with Crippen LogP contribution in [-0.4, -0.2) is 27.8 Å². The Morgan fingerprint density at radius 3 is 2.75 bits per heavy atom. The van der Waals surface area contributed by atoms with Gasteiger partial charge < -0.3 is 10.5 Å². The summed E-state index contributed by atoms with van der Waals surface area (Å²) in [6.07, 6.45) is 1.48. The molecule has 2 heterocycles. The highest BCUT2D eigenvalue weighted by Crippen LogP contribution is 2.14. The van der Waals surface area contributed by atoms with Crippen molar-refractivity contribution in [3.8, 4) is 0 Å². The van der Waals surface area contributed by atoms with Crippen LogP contribution in [0.15, 0.2) is 47.4 Å². The van der Waals surface area contributed by atoms with Crippen molar-refractivity contribution in [3.63, 3.8) is 0 Å². The molecule has 0 spiro atoms. The highest BCUT2D eigenvalue weighted by atomic mass is 16.5. The Bertz CT molecular complexity index is 833. The molecule has 0 atom stereocenters. The van der Waals surface area contributed by atoms with Gasteiger partial charge >= 0.3 is 0 Å². The van der Waals surface area contributed by atoms with E-state index < -0.39 is 5.56 Å². The number of nitrogens with one attached hydrogen (secondary N) is 1. The number of aromatic nitrogens is 3. The van der Waals surface area contributed by atoms with Crippen LogP contribution in [-0.2, 0) is 0 Å². The Morgan fingerprint density at radius 2 is 2.00 bits per heavy atom. The first-order valence-electron chi connectivity index (χ1n) is 5.85. The summed E-state index contributed by atoms with van der Waals surface area (Å²) in [5.74, 6) is 0.274. The van der Waals surface area contributed by atoms with Crippen molar-refractivity contribution in [1.29, 1.82) is 0 Å². The van der Waals surface area contributed by atoms with Gasteiger partial charge in [0.2, 0.25) is 5.95 Å². The summed E-state index contributed by atoms with van der Waals surface area (Å²) in [4.78, 5) is 19.8. The lowest BCUT2D eigenvalue weighted by atomic mass is 9.97. The fraction of sp³-hybridized carbons (Fsp3) is 0. The summed E-state index contributed by atoms with van der Waals surface area (Å²) >= 11 is 0. The number of benzene rings is 1. The largest absolute Gasteiger partial charge is 0.423 e. The highest BCUT2D eigenvalue weighted by Gasteiger charge is 2.08. The molecule has 2 radical (unpaired) electrons. The van der Waals surface area contributed by atoms with Gasteiger partial charge in [0.05, 0.1) is 0 Å². The fourth-order valence-corrected chi connectivity index (χ4v) is 1.81. The summed E-state index contributed by atoms with van der Waals surface area (Å²) in [5, 5.41) is 13.2. The summed E-state index contributed by atoms with van der Waals surface area (Å²) in [5.41, 5.74) is 0.126. The standard InChI is InChI=1S/C13H9BN4O2/c14-10-6-8-7-15-13(16-9-4-2-1-3-5-9)17-11(8)18(20)12(10)19/h1-7,20H,(H,15,16,17). The topological polar surface area (TPSA) is 80.0 Å². The molecule has 3 aromatic rings. The molecule has 2 N–H and O–H groups in total. The molecule has 6 nitrogen and oxygen atoms in total. The molecule has 0 bridgehead atoms. The second kappa shape index (κ2) is 4.69. The maximum Gasteiger partial charge on any atom is 0.277 e. The van der Waals surface area contributed by atoms with Gasteiger partial charge in [-0.15, -0.1) is 4.73 Å². The fourth-order valence-electron chi connectivity index (χ4n) is 1.81. The molecule has 0 saturated carbocycles. The number of anilines is 2. The van der Waals surface area contributed by atoms with Crippen LogP contribution in [0.1, 0.15) is 0 Å². The molecule has 3 rings (SSSR count). The van der Waals surface area contributed by atoms with Crippen LogP contribution in [0, 0.1) is 0 Å². The third-order valence-electron chi connectivity index (χ3n) is 2.78. The van der Waals surface area contributed by atoms with E-state index in [4.69, 9.17) is 7.85 Å². The molecular weight excluding hydrogens is 255 g/mol. The average Bonchev–Trinajstić information content (AvgIpc) is 2.47. The molecule has 20 heavy (non-hydrogen) atoms. The van der Waals surface area contributed by atoms with E-state index in [0.717, 1.165) is 5.69 Å². The van der Waals surface area contributed by atoms with Crippen LogP contribution in [0.5, 0.6) is 0 Å². The average molecular weight is 264 g/mol. The molecule has 1 aromatic carbocycles. The molecule has 0 aliphatic carbocycles. The first kappa shape index (κ1) is 12.2. The van der Waals surface area contributed by atoms with Gasteiger partial charge in [0.15, 0.2) is 5.65 Å². The lowest BCUT2D eigenvalue weighted by Gasteiger charge is -2.07. The molecule has 0 saturated heterocycles. The van der Waals surface area contributed by atoms with E-state index in [0.29, 0.717) is 10.1 Å². The predicted octanol–water partition coefficient (Wildman–Crippen LogP) is 0.566. The van der Waals surface area contributed by atoms with Gasteiger partial charge in [-0.25, -0.2) is 4.98 Å². The zero-order chi connectivity index (χ0) is 14.1. The first-order valence-corrected chi connectivity index (χ1v) is 5.85. The third kappa shape index (κ3) is 2.09. The molecule has 96 valence electrons. The lowest BCUT2D eigenvalue weighted by Crippen LogP contribution is -2.33. The Hall–Kier alpha value is -2.83. The Balaban J connectivity index is 2.09. The summed E-state index contributed by atoms with van der Waals surface area (Å²) in [6, 6.07) is 10.8. The monoisotopic (exact) mass is 264 g/mol. The van der Waals surface area contributed by atoms with Crippen molar-refractivity contribution in [2.24, 2.45) is 0 Å². The predicted molar refractivity (Wildman–Crippen MR) is 76.1 cm³/mol. The molecule has 0 aliphatic heterocycles. The Morgan fingerprint density at radius 1 is 1.25 bits per heavy atom. The van der Waals surface area contributed by atoms with Crippen LogP contribution >= 0.6 is 0 Å². The number of para-hydroxylation sites is 1. The van der Waals surface area contributed by atoms with Gasteiger partial charge in [0.25, 0.3) is 5.56 Å². The molecule has 0 aliphatic rings. The number of hydrogen-bond donors (Lipinski definition) is 2. The van der Waals surface area contributed by atoms with E-state index >= 15 is 0 Å². The molecule has 0 fully saturated rings. The minimum Gasteiger partial charge on any atom is -0.423 e. The zero-order valence-corrected chi connectivity index (χ0v) is 10.3. The van der Waals surface area contributed by atoms with Gasteiger partial charge in [-0.05, 0) is 17.6 Å². The Kier molecular flexibility index (Phi) is 2.87. The van der Waals surface area contributed by atoms with E-state index in [-0.39, 0.29) is 17.1 Å². The van der Waals surface area contributed by atoms with Crippen molar-refractivity contribution in [1.82, 2.24) is 14.7 Å². The molecule has 0 unspecified atom stereocenters. The van der Waals surface area contributed by atoms with Gasteiger partial charge in [0, 0.05) is 17.3 Å². The van der Waals surface area contributed by atoms with Crippen molar-refractivity contribution in [2.45, 2.75) is 0 Å². The second-order valence-electron chi connectivity index (χ2n) is 4.18. The minimum atomic E-state index is -0.707. The number of fused-ring (bicyclic) bond motifs is 1. The van der Waals surface area contributed by atoms with E-state index in [1.807, 2.05) is 30.3 Å². The van der Waals surface area contributed by atoms with E-state index in [2.05, 4.69) is 15.3 Å². The van der Waals surface area contributed by atoms with Crippen LogP contribution < -0.4 is 16.3 Å². The van der Waals surface area contributed by atoms with Crippen LogP contribution in [0.4, 0.5) is 11.6 Å². The van der Waals surface area contributed by atoms with Crippen molar-refractivity contribution in [3.05, 3.63) is 52.9 Å². The summed E-state index contributed by atoms with van der Waals surface area (Å²) < 4.78 is 0.419. The normalized spacial score (nSPS) is 10.6. The van der Waals surface area contributed by atoms with E-state index in [9.17, 15) is 10.0 Å². The quantitative estimate of drug-likeness (QED) is 0.522. The smallest absolute Gasteiger partial charge is 0.277 e. The van der Waals surface area contributed by atoms with Crippen LogP contribution in [0.2, 0.25) is 0 Å². The maximum atomic E-state index is 11.6. The zero-order valence-electron chi connectivity index (χ0n) is 10.3. The maximum absolute atomic E-state index is 11.6. The molecule has 7 heteroatoms. The number of nitrogens with zero attached hydrogens (tertiary/aromatic N) is 3. The molecular formula is C13H9BN4O2. The van der Waals surface area contributed by atoms with Crippen molar-refractivity contribution < 1.29 is 5.21 Å².